The zero-order valence-electron chi connectivity index (χ0n) is 16.7. The van der Waals surface area contributed by atoms with Crippen molar-refractivity contribution in [2.45, 2.75) is 33.3 Å². The van der Waals surface area contributed by atoms with Gasteiger partial charge in [0.05, 0.1) is 6.54 Å². The Kier molecular flexibility index (Phi) is 6.53. The molecule has 0 saturated heterocycles. The summed E-state index contributed by atoms with van der Waals surface area (Å²) in [6, 6.07) is 20.0. The number of hydrogen-bond acceptors (Lipinski definition) is 3. The molecule has 0 aliphatic carbocycles. The topological polar surface area (TPSA) is 47.6 Å². The van der Waals surface area contributed by atoms with Gasteiger partial charge < -0.3 is 14.8 Å². The Morgan fingerprint density at radius 1 is 0.929 bits per heavy atom. The van der Waals surface area contributed by atoms with Crippen LogP contribution in [0.5, 0.6) is 11.5 Å². The van der Waals surface area contributed by atoms with E-state index in [0.717, 1.165) is 16.5 Å². The molecule has 0 heterocycles. The van der Waals surface area contributed by atoms with Gasteiger partial charge in [-0.15, -0.1) is 0 Å². The number of nitrogens with one attached hydrogen (secondary N) is 1. The maximum absolute atomic E-state index is 12.5. The van der Waals surface area contributed by atoms with Crippen molar-refractivity contribution in [1.29, 1.82) is 0 Å². The summed E-state index contributed by atoms with van der Waals surface area (Å²) in [7, 11) is 0. The van der Waals surface area contributed by atoms with Crippen LogP contribution in [0.1, 0.15) is 24.5 Å². The molecule has 0 aliphatic rings. The summed E-state index contributed by atoms with van der Waals surface area (Å²) in [5.41, 5.74) is 2.42. The lowest BCUT2D eigenvalue weighted by Gasteiger charge is -2.18. The maximum Gasteiger partial charge on any atom is 0.261 e. The minimum Gasteiger partial charge on any atom is -0.492 e. The van der Waals surface area contributed by atoms with Crippen LogP contribution in [0.25, 0.3) is 10.8 Å². The van der Waals surface area contributed by atoms with Crippen molar-refractivity contribution in [3.63, 3.8) is 0 Å². The average Bonchev–Trinajstić information content (AvgIpc) is 2.71. The van der Waals surface area contributed by atoms with Crippen LogP contribution in [0.4, 0.5) is 0 Å². The lowest BCUT2D eigenvalue weighted by molar-refractivity contribution is -0.128. The normalized spacial score (nSPS) is 11.8. The van der Waals surface area contributed by atoms with Crippen LogP contribution in [0.3, 0.4) is 0 Å². The van der Waals surface area contributed by atoms with Crippen molar-refractivity contribution in [2.75, 3.05) is 13.2 Å². The van der Waals surface area contributed by atoms with Gasteiger partial charge in [-0.25, -0.2) is 0 Å². The largest absolute Gasteiger partial charge is 0.492 e. The number of amides is 1. The molecule has 0 aromatic heterocycles. The molecule has 1 amide bonds. The van der Waals surface area contributed by atoms with Crippen LogP contribution >= 0.6 is 0 Å². The fourth-order valence-corrected chi connectivity index (χ4v) is 2.99. The molecule has 0 spiro atoms. The van der Waals surface area contributed by atoms with Gasteiger partial charge in [0, 0.05) is 0 Å². The van der Waals surface area contributed by atoms with Crippen molar-refractivity contribution in [2.24, 2.45) is 0 Å². The standard InChI is InChI=1S/C24H27NO3/c1-4-23(28-22-12-10-19-7-5-6-8-20(19)16-22)24(26)25-13-14-27-21-11-9-17(2)18(3)15-21/h5-12,15-16,23H,4,13-14H2,1-3H3,(H,25,26)/t23-/m1/s1. The minimum absolute atomic E-state index is 0.126. The Bertz CT molecular complexity index is 951. The number of ether oxygens (including phenoxy) is 2. The molecule has 0 bridgehead atoms. The third kappa shape index (κ3) is 5.03. The van der Waals surface area contributed by atoms with E-state index in [-0.39, 0.29) is 5.91 Å². The highest BCUT2D eigenvalue weighted by Gasteiger charge is 2.18. The predicted molar refractivity (Wildman–Crippen MR) is 113 cm³/mol. The highest BCUT2D eigenvalue weighted by molar-refractivity contribution is 5.84. The first-order valence-corrected chi connectivity index (χ1v) is 9.70. The Balaban J connectivity index is 1.50. The Morgan fingerprint density at radius 3 is 2.43 bits per heavy atom. The van der Waals surface area contributed by atoms with Crippen LogP contribution in [0.15, 0.2) is 60.7 Å². The number of carbonyl (C=O) groups excluding carboxylic acids is 1. The first-order valence-electron chi connectivity index (χ1n) is 9.70. The number of hydrogen-bond donors (Lipinski definition) is 1. The molecule has 0 radical (unpaired) electrons. The molecule has 1 N–H and O–H groups in total. The number of rotatable bonds is 8. The molecule has 3 rings (SSSR count). The maximum atomic E-state index is 12.5. The van der Waals surface area contributed by atoms with E-state index >= 15 is 0 Å². The van der Waals surface area contributed by atoms with Crippen molar-refractivity contribution >= 4 is 16.7 Å². The van der Waals surface area contributed by atoms with Crippen LogP contribution < -0.4 is 14.8 Å². The summed E-state index contributed by atoms with van der Waals surface area (Å²) >= 11 is 0. The summed E-state index contributed by atoms with van der Waals surface area (Å²) in [4.78, 5) is 12.5. The summed E-state index contributed by atoms with van der Waals surface area (Å²) in [5, 5.41) is 5.14. The van der Waals surface area contributed by atoms with Crippen LogP contribution in [-0.2, 0) is 4.79 Å². The molecule has 0 unspecified atom stereocenters. The molecule has 3 aromatic carbocycles. The van der Waals surface area contributed by atoms with E-state index < -0.39 is 6.10 Å². The van der Waals surface area contributed by atoms with Crippen LogP contribution in [0.2, 0.25) is 0 Å². The van der Waals surface area contributed by atoms with Gasteiger partial charge in [-0.3, -0.25) is 4.79 Å². The lowest BCUT2D eigenvalue weighted by atomic mass is 10.1. The van der Waals surface area contributed by atoms with E-state index in [1.54, 1.807) is 0 Å². The first-order chi connectivity index (χ1) is 13.6. The number of benzene rings is 3. The molecule has 0 fully saturated rings. The SMILES string of the molecule is CC[C@@H](Oc1ccc2ccccc2c1)C(=O)NCCOc1ccc(C)c(C)c1. The molecule has 146 valence electrons. The fraction of sp³-hybridized carbons (Fsp3) is 0.292. The Labute approximate surface area is 166 Å². The summed E-state index contributed by atoms with van der Waals surface area (Å²) in [5.74, 6) is 1.39. The second kappa shape index (κ2) is 9.27. The van der Waals surface area contributed by atoms with Crippen molar-refractivity contribution in [3.8, 4) is 11.5 Å². The number of carbonyl (C=O) groups is 1. The zero-order chi connectivity index (χ0) is 19.9. The van der Waals surface area contributed by atoms with E-state index in [4.69, 9.17) is 9.47 Å². The van der Waals surface area contributed by atoms with E-state index in [1.807, 2.05) is 61.5 Å². The highest BCUT2D eigenvalue weighted by atomic mass is 16.5. The molecule has 0 aliphatic heterocycles. The van der Waals surface area contributed by atoms with E-state index in [0.29, 0.717) is 25.3 Å². The van der Waals surface area contributed by atoms with Crippen molar-refractivity contribution in [3.05, 3.63) is 71.8 Å². The Morgan fingerprint density at radius 2 is 1.68 bits per heavy atom. The van der Waals surface area contributed by atoms with E-state index in [9.17, 15) is 4.79 Å². The molecule has 4 heteroatoms. The average molecular weight is 377 g/mol. The van der Waals surface area contributed by atoms with E-state index in [2.05, 4.69) is 25.2 Å². The Hall–Kier alpha value is -3.01. The number of aryl methyl sites for hydroxylation is 2. The van der Waals surface area contributed by atoms with Gasteiger partial charge in [0.15, 0.2) is 6.10 Å². The minimum atomic E-state index is -0.525. The van der Waals surface area contributed by atoms with E-state index in [1.165, 1.54) is 11.1 Å². The number of fused-ring (bicyclic) bond motifs is 1. The van der Waals surface area contributed by atoms with Gasteiger partial charge in [-0.05, 0) is 66.4 Å². The predicted octanol–water partition coefficient (Wildman–Crippen LogP) is 4.81. The van der Waals surface area contributed by atoms with Gasteiger partial charge >= 0.3 is 0 Å². The fourth-order valence-electron chi connectivity index (χ4n) is 2.99. The van der Waals surface area contributed by atoms with Gasteiger partial charge in [-0.2, -0.15) is 0 Å². The van der Waals surface area contributed by atoms with Gasteiger partial charge in [0.1, 0.15) is 18.1 Å². The molecule has 28 heavy (non-hydrogen) atoms. The van der Waals surface area contributed by atoms with Crippen molar-refractivity contribution in [1.82, 2.24) is 5.32 Å². The van der Waals surface area contributed by atoms with Gasteiger partial charge in [0.2, 0.25) is 0 Å². The monoisotopic (exact) mass is 377 g/mol. The van der Waals surface area contributed by atoms with Crippen LogP contribution in [0, 0.1) is 13.8 Å². The van der Waals surface area contributed by atoms with Gasteiger partial charge in [0.25, 0.3) is 5.91 Å². The molecular weight excluding hydrogens is 350 g/mol. The molecule has 3 aromatic rings. The second-order valence-electron chi connectivity index (χ2n) is 6.91. The second-order valence-corrected chi connectivity index (χ2v) is 6.91. The third-order valence-corrected chi connectivity index (χ3v) is 4.81. The smallest absolute Gasteiger partial charge is 0.261 e. The summed E-state index contributed by atoms with van der Waals surface area (Å²) in [6.45, 7) is 6.92. The third-order valence-electron chi connectivity index (χ3n) is 4.81. The molecular formula is C24H27NO3. The summed E-state index contributed by atoms with van der Waals surface area (Å²) < 4.78 is 11.6. The van der Waals surface area contributed by atoms with Crippen LogP contribution in [-0.4, -0.2) is 25.2 Å². The lowest BCUT2D eigenvalue weighted by Crippen LogP contribution is -2.39. The molecule has 1 atom stereocenters. The highest BCUT2D eigenvalue weighted by Crippen LogP contribution is 2.22. The van der Waals surface area contributed by atoms with Gasteiger partial charge in [-0.1, -0.05) is 43.3 Å². The first kappa shape index (κ1) is 19.7. The zero-order valence-corrected chi connectivity index (χ0v) is 16.7. The summed E-state index contributed by atoms with van der Waals surface area (Å²) in [6.07, 6.45) is 0.0687. The quantitative estimate of drug-likeness (QED) is 0.573. The molecule has 0 saturated carbocycles. The van der Waals surface area contributed by atoms with Crippen molar-refractivity contribution < 1.29 is 14.3 Å². The molecule has 4 nitrogen and oxygen atoms in total.